The molecular formula is C15H31N. The molecule has 16 heavy (non-hydrogen) atoms. The van der Waals surface area contributed by atoms with Crippen molar-refractivity contribution in [1.82, 2.24) is 4.90 Å². The summed E-state index contributed by atoms with van der Waals surface area (Å²) in [5.74, 6) is 1.65. The molecule has 1 heterocycles. The Labute approximate surface area is 103 Å². The van der Waals surface area contributed by atoms with Gasteiger partial charge in [-0.3, -0.25) is 4.90 Å². The Bertz CT molecular complexity index is 216. The molecule has 0 saturated carbocycles. The van der Waals surface area contributed by atoms with Gasteiger partial charge in [-0.05, 0) is 64.0 Å². The van der Waals surface area contributed by atoms with Gasteiger partial charge in [0.1, 0.15) is 0 Å². The lowest BCUT2D eigenvalue weighted by molar-refractivity contribution is 0.0114. The van der Waals surface area contributed by atoms with Crippen LogP contribution in [0.15, 0.2) is 0 Å². The Balaban J connectivity index is 2.60. The van der Waals surface area contributed by atoms with Gasteiger partial charge in [-0.2, -0.15) is 0 Å². The van der Waals surface area contributed by atoms with E-state index in [-0.39, 0.29) is 0 Å². The van der Waals surface area contributed by atoms with Gasteiger partial charge in [-0.1, -0.05) is 27.7 Å². The predicted octanol–water partition coefficient (Wildman–Crippen LogP) is 4.18. The van der Waals surface area contributed by atoms with Gasteiger partial charge in [0.25, 0.3) is 0 Å². The minimum absolute atomic E-state index is 0.350. The first kappa shape index (κ1) is 14.0. The molecule has 96 valence electrons. The summed E-state index contributed by atoms with van der Waals surface area (Å²) in [6.07, 6.45) is 2.73. The normalized spacial score (nSPS) is 24.8. The fourth-order valence-electron chi connectivity index (χ4n) is 2.95. The summed E-state index contributed by atoms with van der Waals surface area (Å²) in [5, 5.41) is 0. The highest BCUT2D eigenvalue weighted by atomic mass is 15.2. The Kier molecular flexibility index (Phi) is 4.10. The van der Waals surface area contributed by atoms with Crippen molar-refractivity contribution in [2.75, 3.05) is 13.1 Å². The van der Waals surface area contributed by atoms with E-state index in [9.17, 15) is 0 Å². The minimum Gasteiger partial charge on any atom is -0.298 e. The Morgan fingerprint density at radius 3 is 1.75 bits per heavy atom. The largest absolute Gasteiger partial charge is 0.298 e. The fraction of sp³-hybridized carbons (Fsp3) is 1.00. The van der Waals surface area contributed by atoms with Crippen LogP contribution in [0, 0.1) is 17.3 Å². The zero-order valence-electron chi connectivity index (χ0n) is 12.4. The molecule has 0 spiro atoms. The highest BCUT2D eigenvalue weighted by Gasteiger charge is 2.38. The topological polar surface area (TPSA) is 3.24 Å². The quantitative estimate of drug-likeness (QED) is 0.681. The number of rotatable bonds is 2. The van der Waals surface area contributed by atoms with Crippen molar-refractivity contribution in [3.05, 3.63) is 0 Å². The van der Waals surface area contributed by atoms with E-state index in [1.807, 2.05) is 0 Å². The zero-order chi connectivity index (χ0) is 12.6. The van der Waals surface area contributed by atoms with Crippen molar-refractivity contribution < 1.29 is 0 Å². The molecule has 1 fully saturated rings. The summed E-state index contributed by atoms with van der Waals surface area (Å²) in [7, 11) is 0. The predicted molar refractivity (Wildman–Crippen MR) is 72.7 cm³/mol. The number of piperidine rings is 1. The summed E-state index contributed by atoms with van der Waals surface area (Å²) in [5.41, 5.74) is 0.915. The van der Waals surface area contributed by atoms with Crippen LogP contribution in [0.5, 0.6) is 0 Å². The molecule has 1 saturated heterocycles. The number of hydrogen-bond acceptors (Lipinski definition) is 1. The lowest BCUT2D eigenvalue weighted by Crippen LogP contribution is -2.50. The molecule has 1 heteroatoms. The molecule has 0 aromatic heterocycles. The number of likely N-dealkylation sites (tertiary alicyclic amines) is 1. The van der Waals surface area contributed by atoms with Crippen molar-refractivity contribution in [2.45, 2.75) is 66.8 Å². The van der Waals surface area contributed by atoms with Gasteiger partial charge >= 0.3 is 0 Å². The van der Waals surface area contributed by atoms with E-state index < -0.39 is 0 Å². The molecule has 1 nitrogen and oxygen atoms in total. The van der Waals surface area contributed by atoms with Crippen LogP contribution in [-0.4, -0.2) is 23.5 Å². The molecule has 0 aromatic carbocycles. The second-order valence-corrected chi connectivity index (χ2v) is 7.34. The van der Waals surface area contributed by atoms with Crippen LogP contribution in [0.1, 0.15) is 61.3 Å². The molecule has 0 aliphatic carbocycles. The molecule has 1 atom stereocenters. The monoisotopic (exact) mass is 225 g/mol. The molecule has 1 aliphatic heterocycles. The number of hydrogen-bond donors (Lipinski definition) is 0. The summed E-state index contributed by atoms with van der Waals surface area (Å²) >= 11 is 0. The van der Waals surface area contributed by atoms with Crippen LogP contribution < -0.4 is 0 Å². The first-order chi connectivity index (χ1) is 7.17. The van der Waals surface area contributed by atoms with E-state index in [4.69, 9.17) is 0 Å². The van der Waals surface area contributed by atoms with Crippen molar-refractivity contribution in [1.29, 1.82) is 0 Å². The minimum atomic E-state index is 0.350. The summed E-state index contributed by atoms with van der Waals surface area (Å²) < 4.78 is 0. The van der Waals surface area contributed by atoms with E-state index >= 15 is 0 Å². The van der Waals surface area contributed by atoms with Gasteiger partial charge in [-0.15, -0.1) is 0 Å². The van der Waals surface area contributed by atoms with E-state index in [1.165, 1.54) is 25.9 Å². The summed E-state index contributed by atoms with van der Waals surface area (Å²) in [6, 6.07) is 0. The van der Waals surface area contributed by atoms with E-state index in [2.05, 4.69) is 53.4 Å². The Morgan fingerprint density at radius 2 is 1.44 bits per heavy atom. The average molecular weight is 225 g/mol. The van der Waals surface area contributed by atoms with Crippen molar-refractivity contribution in [3.63, 3.8) is 0 Å². The smallest absolute Gasteiger partial charge is 0.0125 e. The second-order valence-electron chi connectivity index (χ2n) is 7.34. The van der Waals surface area contributed by atoms with Crippen LogP contribution in [0.4, 0.5) is 0 Å². The van der Waals surface area contributed by atoms with Gasteiger partial charge in [0, 0.05) is 5.54 Å². The van der Waals surface area contributed by atoms with E-state index in [1.54, 1.807) is 0 Å². The highest BCUT2D eigenvalue weighted by molar-refractivity contribution is 4.90. The van der Waals surface area contributed by atoms with Crippen molar-refractivity contribution in [2.24, 2.45) is 17.3 Å². The molecule has 0 aromatic rings. The summed E-state index contributed by atoms with van der Waals surface area (Å²) in [6.45, 7) is 19.2. The molecule has 0 amide bonds. The van der Waals surface area contributed by atoms with Crippen LogP contribution in [0.25, 0.3) is 0 Å². The average Bonchev–Trinajstić information content (AvgIpc) is 2.15. The van der Waals surface area contributed by atoms with Gasteiger partial charge in [0.05, 0.1) is 0 Å². The molecule has 1 aliphatic rings. The maximum atomic E-state index is 2.64. The third-order valence-electron chi connectivity index (χ3n) is 4.95. The van der Waals surface area contributed by atoms with Crippen molar-refractivity contribution >= 4 is 0 Å². The van der Waals surface area contributed by atoms with Gasteiger partial charge in [0.15, 0.2) is 0 Å². The third kappa shape index (κ3) is 3.00. The first-order valence-electron chi connectivity index (χ1n) is 6.92. The van der Waals surface area contributed by atoms with Crippen LogP contribution in [-0.2, 0) is 0 Å². The molecular weight excluding hydrogens is 194 g/mol. The van der Waals surface area contributed by atoms with Gasteiger partial charge < -0.3 is 0 Å². The molecule has 0 radical (unpaired) electrons. The van der Waals surface area contributed by atoms with E-state index in [0.29, 0.717) is 11.0 Å². The maximum Gasteiger partial charge on any atom is 0.0125 e. The third-order valence-corrected chi connectivity index (χ3v) is 4.95. The molecule has 1 rings (SSSR count). The Morgan fingerprint density at radius 1 is 1.00 bits per heavy atom. The lowest BCUT2D eigenvalue weighted by atomic mass is 9.66. The standard InChI is InChI=1S/C15H31N/c1-12(2)13(3)15(7)8-10-16(11-9-15)14(4,5)6/h12-13H,8-11H2,1-7H3. The second kappa shape index (κ2) is 4.68. The first-order valence-corrected chi connectivity index (χ1v) is 6.92. The van der Waals surface area contributed by atoms with Crippen LogP contribution in [0.2, 0.25) is 0 Å². The molecule has 0 N–H and O–H groups in total. The summed E-state index contributed by atoms with van der Waals surface area (Å²) in [4.78, 5) is 2.64. The van der Waals surface area contributed by atoms with Gasteiger partial charge in [-0.25, -0.2) is 0 Å². The lowest BCUT2D eigenvalue weighted by Gasteiger charge is -2.48. The van der Waals surface area contributed by atoms with Crippen LogP contribution >= 0.6 is 0 Å². The SMILES string of the molecule is CC(C)C(C)C1(C)CCN(C(C)(C)C)CC1. The maximum absolute atomic E-state index is 2.64. The van der Waals surface area contributed by atoms with Gasteiger partial charge in [0.2, 0.25) is 0 Å². The Hall–Kier alpha value is -0.0400. The number of nitrogens with zero attached hydrogens (tertiary/aromatic N) is 1. The van der Waals surface area contributed by atoms with Crippen LogP contribution in [0.3, 0.4) is 0 Å². The molecule has 0 bridgehead atoms. The molecule has 1 unspecified atom stereocenters. The zero-order valence-corrected chi connectivity index (χ0v) is 12.4. The van der Waals surface area contributed by atoms with E-state index in [0.717, 1.165) is 11.8 Å². The van der Waals surface area contributed by atoms with Crippen molar-refractivity contribution in [3.8, 4) is 0 Å². The highest BCUT2D eigenvalue weighted by Crippen LogP contribution is 2.42. The fourth-order valence-corrected chi connectivity index (χ4v) is 2.95.